The van der Waals surface area contributed by atoms with Crippen LogP contribution < -0.4 is 0 Å². The summed E-state index contributed by atoms with van der Waals surface area (Å²) in [7, 11) is 0. The highest BCUT2D eigenvalue weighted by molar-refractivity contribution is 6.17. The lowest BCUT2D eigenvalue weighted by molar-refractivity contribution is 1.07. The molecule has 6 nitrogen and oxygen atoms in total. The highest BCUT2D eigenvalue weighted by atomic mass is 15.1. The molecular formula is C81H52N6. The molecule has 4 heterocycles. The third-order valence-electron chi connectivity index (χ3n) is 17.3. The Kier molecular flexibility index (Phi) is 11.8. The van der Waals surface area contributed by atoms with E-state index in [0.29, 0.717) is 17.5 Å². The Labute approximate surface area is 502 Å². The molecule has 0 saturated carbocycles. The molecule has 406 valence electrons. The van der Waals surface area contributed by atoms with Gasteiger partial charge in [-0.05, 0) is 82.9 Å². The average molecular weight is 1110 g/mol. The molecule has 0 aliphatic carbocycles. The van der Waals surface area contributed by atoms with Crippen molar-refractivity contribution in [3.63, 3.8) is 0 Å². The van der Waals surface area contributed by atoms with E-state index in [1.807, 2.05) is 36.4 Å². The number of hydrogen-bond acceptors (Lipinski definition) is 3. The van der Waals surface area contributed by atoms with Crippen LogP contribution in [0, 0.1) is 0 Å². The first kappa shape index (κ1) is 49.8. The van der Waals surface area contributed by atoms with E-state index in [-0.39, 0.29) is 0 Å². The number of aromatic nitrogens is 6. The number of benzene rings is 13. The second-order valence-electron chi connectivity index (χ2n) is 22.3. The fourth-order valence-electron chi connectivity index (χ4n) is 13.4. The summed E-state index contributed by atoms with van der Waals surface area (Å²) in [6.07, 6.45) is 0. The summed E-state index contributed by atoms with van der Waals surface area (Å²) >= 11 is 0. The molecule has 0 radical (unpaired) electrons. The van der Waals surface area contributed by atoms with Crippen molar-refractivity contribution in [3.05, 3.63) is 315 Å². The summed E-state index contributed by atoms with van der Waals surface area (Å²) in [5, 5.41) is 7.06. The highest BCUT2D eigenvalue weighted by Gasteiger charge is 2.28. The first-order valence-corrected chi connectivity index (χ1v) is 29.6. The molecule has 6 heteroatoms. The van der Waals surface area contributed by atoms with Crippen molar-refractivity contribution in [1.29, 1.82) is 0 Å². The maximum absolute atomic E-state index is 5.38. The summed E-state index contributed by atoms with van der Waals surface area (Å²) in [5.41, 5.74) is 21.2. The van der Waals surface area contributed by atoms with Crippen LogP contribution in [0.5, 0.6) is 0 Å². The Morgan fingerprint density at radius 3 is 0.770 bits per heavy atom. The van der Waals surface area contributed by atoms with Gasteiger partial charge in [0, 0.05) is 71.3 Å². The van der Waals surface area contributed by atoms with E-state index < -0.39 is 0 Å². The van der Waals surface area contributed by atoms with Gasteiger partial charge in [0.05, 0.1) is 50.2 Å². The lowest BCUT2D eigenvalue weighted by Crippen LogP contribution is -2.05. The van der Waals surface area contributed by atoms with E-state index in [0.717, 1.165) is 122 Å². The summed E-state index contributed by atoms with van der Waals surface area (Å²) < 4.78 is 7.56. The first-order chi connectivity index (χ1) is 43.2. The van der Waals surface area contributed by atoms with Gasteiger partial charge in [0.1, 0.15) is 0 Å². The van der Waals surface area contributed by atoms with Crippen LogP contribution >= 0.6 is 0 Å². The van der Waals surface area contributed by atoms with Crippen LogP contribution in [0.25, 0.3) is 161 Å². The molecule has 4 aromatic heterocycles. The van der Waals surface area contributed by atoms with Crippen LogP contribution in [0.2, 0.25) is 0 Å². The van der Waals surface area contributed by atoms with Crippen molar-refractivity contribution in [2.24, 2.45) is 0 Å². The van der Waals surface area contributed by atoms with Crippen molar-refractivity contribution in [2.75, 3.05) is 0 Å². The van der Waals surface area contributed by atoms with Gasteiger partial charge in [-0.3, -0.25) is 0 Å². The van der Waals surface area contributed by atoms with Crippen molar-refractivity contribution in [3.8, 4) is 95.7 Å². The standard InChI is InChI=1S/C81H52N6/c1-7-27-53(28-8-1)64-49-68-69-50-65(54-29-9-2-10-30-54)75(86-72-45-25-21-41-62(72)63-42-22-26-46-73(63)86)52-77(69)87(76(68)51-74(64)85-70-43-23-19-39-60(70)61-40-20-24-44-71(61)85)78-66(55-31-11-3-12-32-55)47-59(48-67(78)56-33-13-4-14-34-56)81-83-79(57-35-15-5-16-36-57)82-80(84-81)58-37-17-6-18-38-58/h1-52H. The fraction of sp³-hybridized carbons (Fsp3) is 0. The molecule has 0 atom stereocenters. The summed E-state index contributed by atoms with van der Waals surface area (Å²) in [6, 6.07) is 114. The SMILES string of the molecule is c1ccc(-c2nc(-c3ccccc3)nc(-c3cc(-c4ccccc4)c(-n4c5cc(-n6c7ccccc7c7ccccc76)c(-c6ccccc6)cc5c5cc(-c6ccccc6)c(-n6c7ccccc7c7ccccc76)cc54)c(-c4ccccc4)c3)n2)cc1. The van der Waals surface area contributed by atoms with E-state index in [4.69, 9.17) is 15.0 Å². The van der Waals surface area contributed by atoms with Crippen molar-refractivity contribution in [1.82, 2.24) is 28.7 Å². The summed E-state index contributed by atoms with van der Waals surface area (Å²) in [5.74, 6) is 1.78. The molecule has 87 heavy (non-hydrogen) atoms. The van der Waals surface area contributed by atoms with Crippen LogP contribution in [0.4, 0.5) is 0 Å². The van der Waals surface area contributed by atoms with Gasteiger partial charge in [-0.15, -0.1) is 0 Å². The molecule has 13 aromatic carbocycles. The van der Waals surface area contributed by atoms with Crippen molar-refractivity contribution < 1.29 is 0 Å². The van der Waals surface area contributed by atoms with Crippen LogP contribution in [0.3, 0.4) is 0 Å². The van der Waals surface area contributed by atoms with E-state index >= 15 is 0 Å². The largest absolute Gasteiger partial charge is 0.309 e. The lowest BCUT2D eigenvalue weighted by Gasteiger charge is -2.22. The maximum Gasteiger partial charge on any atom is 0.164 e. The second kappa shape index (κ2) is 20.6. The van der Waals surface area contributed by atoms with Gasteiger partial charge in [0.2, 0.25) is 0 Å². The van der Waals surface area contributed by atoms with Gasteiger partial charge in [0.15, 0.2) is 17.5 Å². The third kappa shape index (κ3) is 8.29. The number of para-hydroxylation sites is 4. The smallest absolute Gasteiger partial charge is 0.164 e. The molecule has 0 N–H and O–H groups in total. The molecule has 0 aliphatic heterocycles. The summed E-state index contributed by atoms with van der Waals surface area (Å²) in [4.78, 5) is 15.9. The molecule has 17 rings (SSSR count). The van der Waals surface area contributed by atoms with Crippen molar-refractivity contribution in [2.45, 2.75) is 0 Å². The molecule has 0 spiro atoms. The zero-order valence-electron chi connectivity index (χ0n) is 47.2. The number of fused-ring (bicyclic) bond motifs is 9. The Morgan fingerprint density at radius 1 is 0.184 bits per heavy atom. The Hall–Kier alpha value is -11.7. The zero-order chi connectivity index (χ0) is 57.4. The number of nitrogens with zero attached hydrogens (tertiary/aromatic N) is 6. The van der Waals surface area contributed by atoms with E-state index in [1.54, 1.807) is 0 Å². The molecule has 0 bridgehead atoms. The molecule has 0 fully saturated rings. The van der Waals surface area contributed by atoms with Gasteiger partial charge in [-0.1, -0.05) is 255 Å². The van der Waals surface area contributed by atoms with Gasteiger partial charge in [-0.2, -0.15) is 0 Å². The van der Waals surface area contributed by atoms with E-state index in [1.165, 1.54) is 21.5 Å². The van der Waals surface area contributed by atoms with Gasteiger partial charge in [0.25, 0.3) is 0 Å². The number of rotatable bonds is 10. The van der Waals surface area contributed by atoms with Crippen LogP contribution in [0.1, 0.15) is 0 Å². The summed E-state index contributed by atoms with van der Waals surface area (Å²) in [6.45, 7) is 0. The Morgan fingerprint density at radius 2 is 0.448 bits per heavy atom. The maximum atomic E-state index is 5.38. The zero-order valence-corrected chi connectivity index (χ0v) is 47.2. The van der Waals surface area contributed by atoms with Crippen molar-refractivity contribution >= 4 is 65.4 Å². The first-order valence-electron chi connectivity index (χ1n) is 29.6. The molecule has 0 aliphatic rings. The minimum Gasteiger partial charge on any atom is -0.309 e. The Balaban J connectivity index is 1.07. The average Bonchev–Trinajstić information content (AvgIpc) is 1.64. The van der Waals surface area contributed by atoms with Crippen LogP contribution in [-0.2, 0) is 0 Å². The van der Waals surface area contributed by atoms with E-state index in [2.05, 4.69) is 293 Å². The monoisotopic (exact) mass is 1110 g/mol. The molecule has 0 amide bonds. The predicted octanol–water partition coefficient (Wildman–Crippen LogP) is 20.8. The molecule has 0 saturated heterocycles. The minimum absolute atomic E-state index is 0.577. The van der Waals surface area contributed by atoms with Gasteiger partial charge >= 0.3 is 0 Å². The van der Waals surface area contributed by atoms with Crippen LogP contribution in [-0.4, -0.2) is 28.7 Å². The number of hydrogen-bond donors (Lipinski definition) is 0. The van der Waals surface area contributed by atoms with E-state index in [9.17, 15) is 0 Å². The van der Waals surface area contributed by atoms with Gasteiger partial charge in [-0.25, -0.2) is 15.0 Å². The predicted molar refractivity (Wildman–Crippen MR) is 361 cm³/mol. The highest BCUT2D eigenvalue weighted by Crippen LogP contribution is 2.49. The fourth-order valence-corrected chi connectivity index (χ4v) is 13.4. The normalized spacial score (nSPS) is 11.7. The molecule has 0 unspecified atom stereocenters. The quantitative estimate of drug-likeness (QED) is 0.137. The second-order valence-corrected chi connectivity index (χ2v) is 22.3. The third-order valence-corrected chi connectivity index (χ3v) is 17.3. The minimum atomic E-state index is 0.577. The Bertz CT molecular complexity index is 5040. The van der Waals surface area contributed by atoms with Crippen LogP contribution in [0.15, 0.2) is 315 Å². The molecular weight excluding hydrogens is 1060 g/mol. The van der Waals surface area contributed by atoms with Gasteiger partial charge < -0.3 is 13.7 Å². The topological polar surface area (TPSA) is 53.5 Å². The molecule has 17 aromatic rings. The lowest BCUT2D eigenvalue weighted by atomic mass is 9.92.